The third-order valence-electron chi connectivity index (χ3n) is 13.3. The van der Waals surface area contributed by atoms with Crippen LogP contribution in [0.3, 0.4) is 0 Å². The molecule has 1 aromatic heterocycles. The zero-order chi connectivity index (χ0) is 36.9. The third-order valence-corrected chi connectivity index (χ3v) is 15.1. The van der Waals surface area contributed by atoms with Gasteiger partial charge in [-0.3, -0.25) is 0 Å². The van der Waals surface area contributed by atoms with E-state index < -0.39 is 9.84 Å². The number of para-hydroxylation sites is 2. The number of aromatic nitrogens is 1. The lowest BCUT2D eigenvalue weighted by atomic mass is 9.48. The van der Waals surface area contributed by atoms with Crippen LogP contribution in [0.1, 0.15) is 50.2 Å². The molecule has 4 atom stereocenters. The smallest absolute Gasteiger partial charge is 0.207 e. The SMILES string of the molecule is CC1C[C@H]2CCC[C@@H](C1)C21c2ccccc2S(=O)(=O)c2cc(N(c3ccc(-n4c5ccccc5c5ccccc54)cc3)c3ccc4ccccc4c3)ccc21. The van der Waals surface area contributed by atoms with Gasteiger partial charge in [-0.25, -0.2) is 8.42 Å². The van der Waals surface area contributed by atoms with Gasteiger partial charge in [0, 0.05) is 38.9 Å². The average Bonchev–Trinajstić information content (AvgIpc) is 3.55. The molecule has 5 heteroatoms. The van der Waals surface area contributed by atoms with E-state index in [0.717, 1.165) is 70.3 Å². The molecular weight excluding hydrogens is 693 g/mol. The van der Waals surface area contributed by atoms with Crippen molar-refractivity contribution in [1.29, 1.82) is 0 Å². The van der Waals surface area contributed by atoms with Crippen LogP contribution < -0.4 is 4.90 Å². The molecule has 11 rings (SSSR count). The molecule has 0 amide bonds. The number of anilines is 3. The number of nitrogens with zero attached hydrogens (tertiary/aromatic N) is 2. The van der Waals surface area contributed by atoms with Gasteiger partial charge < -0.3 is 9.47 Å². The lowest BCUT2D eigenvalue weighted by Crippen LogP contribution is -2.53. The maximum atomic E-state index is 14.9. The Morgan fingerprint density at radius 3 is 1.85 bits per heavy atom. The summed E-state index contributed by atoms with van der Waals surface area (Å²) >= 11 is 0. The summed E-state index contributed by atoms with van der Waals surface area (Å²) in [5, 5.41) is 4.75. The summed E-state index contributed by atoms with van der Waals surface area (Å²) < 4.78 is 32.1. The fraction of sp³-hybridized carbons (Fsp3) is 0.200. The summed E-state index contributed by atoms with van der Waals surface area (Å²) in [6, 6.07) is 55.1. The van der Waals surface area contributed by atoms with Gasteiger partial charge in [-0.15, -0.1) is 0 Å². The predicted octanol–water partition coefficient (Wildman–Crippen LogP) is 12.7. The molecule has 0 radical (unpaired) electrons. The van der Waals surface area contributed by atoms with Crippen LogP contribution in [-0.4, -0.2) is 13.0 Å². The van der Waals surface area contributed by atoms with Crippen LogP contribution in [0.15, 0.2) is 168 Å². The summed E-state index contributed by atoms with van der Waals surface area (Å²) in [6.45, 7) is 2.39. The minimum atomic E-state index is -3.78. The van der Waals surface area contributed by atoms with Gasteiger partial charge in [-0.05, 0) is 132 Å². The first-order valence-electron chi connectivity index (χ1n) is 19.8. The molecular formula is C50H42N2O2S. The second kappa shape index (κ2) is 12.2. The van der Waals surface area contributed by atoms with Crippen LogP contribution in [0.2, 0.25) is 0 Å². The largest absolute Gasteiger partial charge is 0.310 e. The Morgan fingerprint density at radius 2 is 1.13 bits per heavy atom. The summed E-state index contributed by atoms with van der Waals surface area (Å²) in [4.78, 5) is 3.20. The molecule has 0 saturated heterocycles. The maximum absolute atomic E-state index is 14.9. The fourth-order valence-corrected chi connectivity index (χ4v) is 13.0. The third kappa shape index (κ3) is 4.72. The normalized spacial score (nSPS) is 22.5. The average molecular weight is 735 g/mol. The molecule has 2 bridgehead atoms. The van der Waals surface area contributed by atoms with Gasteiger partial charge in [0.05, 0.1) is 20.8 Å². The van der Waals surface area contributed by atoms with E-state index in [1.807, 2.05) is 24.3 Å². The molecule has 2 unspecified atom stereocenters. The Morgan fingerprint density at radius 1 is 0.564 bits per heavy atom. The lowest BCUT2D eigenvalue weighted by molar-refractivity contribution is 0.0488. The van der Waals surface area contributed by atoms with Crippen LogP contribution >= 0.6 is 0 Å². The second-order valence-electron chi connectivity index (χ2n) is 16.2. The fourth-order valence-electron chi connectivity index (χ4n) is 11.2. The molecule has 1 aliphatic heterocycles. The first-order chi connectivity index (χ1) is 26.9. The van der Waals surface area contributed by atoms with Gasteiger partial charge in [-0.1, -0.05) is 104 Å². The standard InChI is InChI=1S/C50H42N2O2S/c1-33-29-36-13-10-14-37(30-33)50(36)44-17-6-9-20-48(44)55(53,54)49-32-41(27-28-45(49)50)51(40-22-21-34-11-2-3-12-35(34)31-40)38-23-25-39(26-24-38)52-46-18-7-4-15-42(46)43-16-5-8-19-47(43)52/h2-9,11-12,15-28,31-33,36-37H,10,13-14,29-30H2,1H3/t33?,36-,37+,50?. The molecule has 4 nitrogen and oxygen atoms in total. The summed E-state index contributed by atoms with van der Waals surface area (Å²) in [5.41, 5.74) is 7.94. The molecule has 3 aliphatic rings. The summed E-state index contributed by atoms with van der Waals surface area (Å²) in [6.07, 6.45) is 5.75. The molecule has 0 N–H and O–H groups in total. The minimum Gasteiger partial charge on any atom is -0.310 e. The van der Waals surface area contributed by atoms with Crippen molar-refractivity contribution in [3.8, 4) is 5.69 Å². The highest BCUT2D eigenvalue weighted by Gasteiger charge is 2.58. The zero-order valence-electron chi connectivity index (χ0n) is 30.9. The van der Waals surface area contributed by atoms with Crippen molar-refractivity contribution in [3.05, 3.63) is 169 Å². The second-order valence-corrected chi connectivity index (χ2v) is 18.1. The van der Waals surface area contributed by atoms with Crippen molar-refractivity contribution in [2.75, 3.05) is 4.90 Å². The number of fused-ring (bicyclic) bond motifs is 6. The van der Waals surface area contributed by atoms with E-state index in [-0.39, 0.29) is 5.41 Å². The molecule has 270 valence electrons. The van der Waals surface area contributed by atoms with E-state index in [1.54, 1.807) is 0 Å². The van der Waals surface area contributed by atoms with Gasteiger partial charge in [0.25, 0.3) is 0 Å². The van der Waals surface area contributed by atoms with Crippen LogP contribution in [0.5, 0.6) is 0 Å². The van der Waals surface area contributed by atoms with Gasteiger partial charge in [0.15, 0.2) is 0 Å². The number of sulfone groups is 1. The maximum Gasteiger partial charge on any atom is 0.207 e. The number of benzene rings is 7. The van der Waals surface area contributed by atoms with Gasteiger partial charge in [0.1, 0.15) is 0 Å². The van der Waals surface area contributed by atoms with Crippen molar-refractivity contribution >= 4 is 59.5 Å². The van der Waals surface area contributed by atoms with Crippen LogP contribution in [0.4, 0.5) is 17.1 Å². The molecule has 8 aromatic rings. The monoisotopic (exact) mass is 734 g/mol. The van der Waals surface area contributed by atoms with Crippen LogP contribution in [0, 0.1) is 17.8 Å². The topological polar surface area (TPSA) is 42.3 Å². The van der Waals surface area contributed by atoms with Crippen molar-refractivity contribution in [1.82, 2.24) is 4.57 Å². The molecule has 1 spiro atoms. The quantitative estimate of drug-likeness (QED) is 0.181. The lowest BCUT2D eigenvalue weighted by Gasteiger charge is -2.57. The Labute approximate surface area is 322 Å². The van der Waals surface area contributed by atoms with E-state index in [0.29, 0.717) is 27.5 Å². The molecule has 2 heterocycles. The van der Waals surface area contributed by atoms with E-state index in [9.17, 15) is 8.42 Å². The van der Waals surface area contributed by atoms with E-state index in [1.165, 1.54) is 28.2 Å². The van der Waals surface area contributed by atoms with E-state index in [4.69, 9.17) is 0 Å². The first kappa shape index (κ1) is 32.8. The highest BCUT2D eigenvalue weighted by Crippen LogP contribution is 2.63. The van der Waals surface area contributed by atoms with Crippen molar-refractivity contribution in [3.63, 3.8) is 0 Å². The molecule has 55 heavy (non-hydrogen) atoms. The van der Waals surface area contributed by atoms with Gasteiger partial charge >= 0.3 is 0 Å². The van der Waals surface area contributed by atoms with Gasteiger partial charge in [-0.2, -0.15) is 0 Å². The highest BCUT2D eigenvalue weighted by molar-refractivity contribution is 7.91. The van der Waals surface area contributed by atoms with Crippen molar-refractivity contribution in [2.24, 2.45) is 17.8 Å². The molecule has 2 aliphatic carbocycles. The number of hydrogen-bond donors (Lipinski definition) is 0. The van der Waals surface area contributed by atoms with Gasteiger partial charge in [0.2, 0.25) is 9.84 Å². The Hall–Kier alpha value is -5.65. The molecule has 2 fully saturated rings. The van der Waals surface area contributed by atoms with E-state index >= 15 is 0 Å². The number of rotatable bonds is 4. The van der Waals surface area contributed by atoms with Crippen LogP contribution in [0.25, 0.3) is 38.3 Å². The van der Waals surface area contributed by atoms with E-state index in [2.05, 4.69) is 150 Å². The number of hydrogen-bond acceptors (Lipinski definition) is 3. The Bertz CT molecular complexity index is 2860. The highest BCUT2D eigenvalue weighted by atomic mass is 32.2. The first-order valence-corrected chi connectivity index (χ1v) is 21.3. The van der Waals surface area contributed by atoms with Crippen molar-refractivity contribution in [2.45, 2.75) is 54.2 Å². The Balaban J connectivity index is 1.11. The zero-order valence-corrected chi connectivity index (χ0v) is 31.7. The molecule has 7 aromatic carbocycles. The summed E-state index contributed by atoms with van der Waals surface area (Å²) in [7, 11) is -3.78. The minimum absolute atomic E-state index is 0.293. The van der Waals surface area contributed by atoms with Crippen molar-refractivity contribution < 1.29 is 8.42 Å². The predicted molar refractivity (Wildman–Crippen MR) is 225 cm³/mol. The van der Waals surface area contributed by atoms with Crippen LogP contribution in [-0.2, 0) is 15.3 Å². The summed E-state index contributed by atoms with van der Waals surface area (Å²) in [5.74, 6) is 1.48. The Kier molecular flexibility index (Phi) is 7.25. The molecule has 2 saturated carbocycles.